The van der Waals surface area contributed by atoms with Crippen LogP contribution in [0, 0.1) is 5.82 Å². The number of para-hydroxylation sites is 1. The molecule has 0 spiro atoms. The van der Waals surface area contributed by atoms with Crippen molar-refractivity contribution in [1.82, 2.24) is 0 Å². The third-order valence-corrected chi connectivity index (χ3v) is 2.42. The van der Waals surface area contributed by atoms with Gasteiger partial charge in [0, 0.05) is 6.04 Å². The summed E-state index contributed by atoms with van der Waals surface area (Å²) in [7, 11) is 0. The van der Waals surface area contributed by atoms with Gasteiger partial charge < -0.3 is 11.1 Å². The van der Waals surface area contributed by atoms with Gasteiger partial charge in [0.1, 0.15) is 5.82 Å². The van der Waals surface area contributed by atoms with Crippen LogP contribution in [0.5, 0.6) is 0 Å². The van der Waals surface area contributed by atoms with Gasteiger partial charge in [0.05, 0.1) is 11.4 Å². The van der Waals surface area contributed by atoms with E-state index in [9.17, 15) is 4.39 Å². The lowest BCUT2D eigenvalue weighted by atomic mass is 10.2. The Morgan fingerprint density at radius 1 is 1.29 bits per heavy atom. The van der Waals surface area contributed by atoms with Gasteiger partial charge in [-0.15, -0.1) is 0 Å². The number of hydrogen-bond acceptors (Lipinski definition) is 2. The molecule has 0 saturated carbocycles. The molecule has 0 aliphatic heterocycles. The molecule has 3 N–H and O–H groups in total. The molecule has 3 heteroatoms. The van der Waals surface area contributed by atoms with E-state index in [1.54, 1.807) is 12.1 Å². The fourth-order valence-corrected chi connectivity index (χ4v) is 1.62. The van der Waals surface area contributed by atoms with E-state index in [-0.39, 0.29) is 11.5 Å². The molecule has 0 bridgehead atoms. The van der Waals surface area contributed by atoms with E-state index >= 15 is 0 Å². The Balaban J connectivity index is 2.12. The van der Waals surface area contributed by atoms with Crippen molar-refractivity contribution in [3.8, 4) is 0 Å². The number of benzene rings is 1. The number of halogens is 1. The van der Waals surface area contributed by atoms with Crippen molar-refractivity contribution in [2.45, 2.75) is 18.9 Å². The van der Waals surface area contributed by atoms with Gasteiger partial charge in [-0.2, -0.15) is 0 Å². The van der Waals surface area contributed by atoms with Gasteiger partial charge in [-0.1, -0.05) is 18.2 Å². The van der Waals surface area contributed by atoms with Crippen LogP contribution in [0.2, 0.25) is 0 Å². The first-order chi connectivity index (χ1) is 6.77. The molecular weight excluding hydrogens is 179 g/mol. The minimum atomic E-state index is -0.360. The van der Waals surface area contributed by atoms with E-state index in [4.69, 9.17) is 5.73 Å². The Kier molecular flexibility index (Phi) is 2.39. The fraction of sp³-hybridized carbons (Fsp3) is 0.273. The van der Waals surface area contributed by atoms with Crippen molar-refractivity contribution in [3.63, 3.8) is 0 Å². The van der Waals surface area contributed by atoms with Gasteiger partial charge in [0.25, 0.3) is 0 Å². The maximum absolute atomic E-state index is 13.1. The molecule has 0 amide bonds. The average molecular weight is 192 g/mol. The molecule has 14 heavy (non-hydrogen) atoms. The Hall–Kier alpha value is -1.51. The van der Waals surface area contributed by atoms with E-state index in [1.807, 2.05) is 0 Å². The Morgan fingerprint density at radius 3 is 2.71 bits per heavy atom. The number of nitrogen functional groups attached to an aromatic ring is 1. The highest BCUT2D eigenvalue weighted by atomic mass is 19.1. The summed E-state index contributed by atoms with van der Waals surface area (Å²) in [5.41, 5.74) is 6.50. The highest BCUT2D eigenvalue weighted by Crippen LogP contribution is 2.24. The van der Waals surface area contributed by atoms with E-state index in [0.717, 1.165) is 12.8 Å². The van der Waals surface area contributed by atoms with Gasteiger partial charge in [0.2, 0.25) is 0 Å². The van der Waals surface area contributed by atoms with E-state index in [1.165, 1.54) is 6.07 Å². The second-order valence-electron chi connectivity index (χ2n) is 3.49. The van der Waals surface area contributed by atoms with Crippen LogP contribution in [0.1, 0.15) is 12.8 Å². The predicted molar refractivity (Wildman–Crippen MR) is 56.6 cm³/mol. The first-order valence-corrected chi connectivity index (χ1v) is 4.73. The largest absolute Gasteiger partial charge is 0.395 e. The molecule has 1 aliphatic carbocycles. The van der Waals surface area contributed by atoms with Crippen LogP contribution < -0.4 is 11.1 Å². The SMILES string of the molecule is Nc1c(F)cccc1NC1CC=CC1. The summed E-state index contributed by atoms with van der Waals surface area (Å²) in [6, 6.07) is 5.19. The zero-order valence-corrected chi connectivity index (χ0v) is 7.83. The molecule has 0 atom stereocenters. The third kappa shape index (κ3) is 1.71. The summed E-state index contributed by atoms with van der Waals surface area (Å²) in [6.45, 7) is 0. The average Bonchev–Trinajstić information content (AvgIpc) is 2.66. The summed E-state index contributed by atoms with van der Waals surface area (Å²) < 4.78 is 13.1. The third-order valence-electron chi connectivity index (χ3n) is 2.42. The molecule has 74 valence electrons. The topological polar surface area (TPSA) is 38.0 Å². The Morgan fingerprint density at radius 2 is 2.00 bits per heavy atom. The van der Waals surface area contributed by atoms with Crippen LogP contribution >= 0.6 is 0 Å². The monoisotopic (exact) mass is 192 g/mol. The molecule has 0 unspecified atom stereocenters. The number of nitrogens with two attached hydrogens (primary N) is 1. The first-order valence-electron chi connectivity index (χ1n) is 4.73. The summed E-state index contributed by atoms with van der Waals surface area (Å²) >= 11 is 0. The Labute approximate surface area is 82.6 Å². The second-order valence-corrected chi connectivity index (χ2v) is 3.49. The van der Waals surface area contributed by atoms with E-state index in [2.05, 4.69) is 17.5 Å². The number of rotatable bonds is 2. The normalized spacial score (nSPS) is 16.1. The van der Waals surface area contributed by atoms with Crippen LogP contribution in [0.4, 0.5) is 15.8 Å². The fourth-order valence-electron chi connectivity index (χ4n) is 1.62. The van der Waals surface area contributed by atoms with Crippen molar-refractivity contribution < 1.29 is 4.39 Å². The molecular formula is C11H13FN2. The highest BCUT2D eigenvalue weighted by Gasteiger charge is 2.12. The molecule has 0 fully saturated rings. The lowest BCUT2D eigenvalue weighted by molar-refractivity contribution is 0.632. The zero-order chi connectivity index (χ0) is 9.97. The van der Waals surface area contributed by atoms with E-state index < -0.39 is 0 Å². The molecule has 0 radical (unpaired) electrons. The van der Waals surface area contributed by atoms with Crippen LogP contribution in [0.15, 0.2) is 30.4 Å². The summed E-state index contributed by atoms with van der Waals surface area (Å²) in [4.78, 5) is 0. The Bertz CT molecular complexity index is 352. The summed E-state index contributed by atoms with van der Waals surface area (Å²) in [5.74, 6) is -0.360. The van der Waals surface area contributed by atoms with Crippen LogP contribution in [0.3, 0.4) is 0 Å². The standard InChI is InChI=1S/C11H13FN2/c12-9-6-3-7-10(11(9)13)14-8-4-1-2-5-8/h1-3,6-8,14H,4-5,13H2. The van der Waals surface area contributed by atoms with Crippen LogP contribution in [-0.2, 0) is 0 Å². The summed E-state index contributed by atoms with van der Waals surface area (Å²) in [5, 5.41) is 3.22. The van der Waals surface area contributed by atoms with Gasteiger partial charge in [-0.3, -0.25) is 0 Å². The molecule has 0 heterocycles. The number of nitrogens with one attached hydrogen (secondary N) is 1. The molecule has 2 nitrogen and oxygen atoms in total. The van der Waals surface area contributed by atoms with Crippen LogP contribution in [0.25, 0.3) is 0 Å². The minimum absolute atomic E-state index is 0.208. The highest BCUT2D eigenvalue weighted by molar-refractivity contribution is 5.66. The van der Waals surface area contributed by atoms with Gasteiger partial charge in [-0.05, 0) is 25.0 Å². The van der Waals surface area contributed by atoms with Gasteiger partial charge in [-0.25, -0.2) is 4.39 Å². The first kappa shape index (κ1) is 9.06. The smallest absolute Gasteiger partial charge is 0.148 e. The van der Waals surface area contributed by atoms with E-state index in [0.29, 0.717) is 11.7 Å². The van der Waals surface area contributed by atoms with Gasteiger partial charge in [0.15, 0.2) is 0 Å². The number of hydrogen-bond donors (Lipinski definition) is 2. The second kappa shape index (κ2) is 3.70. The lowest BCUT2D eigenvalue weighted by Gasteiger charge is -2.15. The number of anilines is 2. The van der Waals surface area contributed by atoms with Crippen molar-refractivity contribution in [2.75, 3.05) is 11.1 Å². The summed E-state index contributed by atoms with van der Waals surface area (Å²) in [6.07, 6.45) is 6.20. The predicted octanol–water partition coefficient (Wildman–Crippen LogP) is 2.54. The van der Waals surface area contributed by atoms with Crippen molar-refractivity contribution in [3.05, 3.63) is 36.2 Å². The van der Waals surface area contributed by atoms with Gasteiger partial charge >= 0.3 is 0 Å². The lowest BCUT2D eigenvalue weighted by Crippen LogP contribution is -2.16. The van der Waals surface area contributed by atoms with Crippen LogP contribution in [-0.4, -0.2) is 6.04 Å². The quantitative estimate of drug-likeness (QED) is 0.558. The van der Waals surface area contributed by atoms with Crippen molar-refractivity contribution >= 4 is 11.4 Å². The molecule has 0 aromatic heterocycles. The maximum atomic E-state index is 13.1. The molecule has 1 aromatic rings. The molecule has 1 aromatic carbocycles. The zero-order valence-electron chi connectivity index (χ0n) is 7.83. The molecule has 2 rings (SSSR count). The molecule has 1 aliphatic rings. The minimum Gasteiger partial charge on any atom is -0.395 e. The molecule has 0 saturated heterocycles. The van der Waals surface area contributed by atoms with Crippen molar-refractivity contribution in [1.29, 1.82) is 0 Å². The van der Waals surface area contributed by atoms with Crippen molar-refractivity contribution in [2.24, 2.45) is 0 Å². The maximum Gasteiger partial charge on any atom is 0.148 e.